The maximum Gasteiger partial charge on any atom is 0.343 e. The van der Waals surface area contributed by atoms with E-state index in [4.69, 9.17) is 28.4 Å². The van der Waals surface area contributed by atoms with Crippen LogP contribution < -0.4 is 18.9 Å². The molecule has 2 aliphatic rings. The lowest BCUT2D eigenvalue weighted by molar-refractivity contribution is -0.133. The first-order valence-electron chi connectivity index (χ1n) is 21.3. The van der Waals surface area contributed by atoms with Crippen LogP contribution in [0.15, 0.2) is 146 Å². The summed E-state index contributed by atoms with van der Waals surface area (Å²) in [5.41, 5.74) is 2.23. The number of ether oxygens (including phenoxy) is 6. The Morgan fingerprint density at radius 2 is 0.855 bits per heavy atom. The van der Waals surface area contributed by atoms with Crippen LogP contribution in [0.5, 0.6) is 23.0 Å². The number of benzene rings is 8. The monoisotopic (exact) mass is 822 g/mol. The van der Waals surface area contributed by atoms with E-state index in [1.807, 2.05) is 133 Å². The molecule has 0 aliphatic carbocycles. The summed E-state index contributed by atoms with van der Waals surface area (Å²) in [6.07, 6.45) is 2.00. The molecule has 0 radical (unpaired) electrons. The SMILES string of the molecule is CCC1(COc2ccc3cc(C(=O)Oc4ccc5ccccc5c4-c4c(OC(=O)c5ccc6cc(OCC7(CC)COC7)ccc6c5)ccc5ccccc45)ccc3c2)COC1. The van der Waals surface area contributed by atoms with Crippen LogP contribution in [0.3, 0.4) is 0 Å². The molecule has 0 atom stereocenters. The Kier molecular flexibility index (Phi) is 10.3. The van der Waals surface area contributed by atoms with E-state index in [2.05, 4.69) is 13.8 Å². The number of hydrogen-bond acceptors (Lipinski definition) is 8. The van der Waals surface area contributed by atoms with E-state index in [0.29, 0.717) is 73.4 Å². The number of carbonyl (C=O) groups is 2. The summed E-state index contributed by atoms with van der Waals surface area (Å²) in [4.78, 5) is 28.2. The van der Waals surface area contributed by atoms with Crippen molar-refractivity contribution >= 4 is 55.0 Å². The number of fused-ring (bicyclic) bond motifs is 4. The highest BCUT2D eigenvalue weighted by Crippen LogP contribution is 2.46. The van der Waals surface area contributed by atoms with E-state index < -0.39 is 11.9 Å². The van der Waals surface area contributed by atoms with E-state index in [0.717, 1.165) is 67.4 Å². The van der Waals surface area contributed by atoms with Crippen molar-refractivity contribution in [3.63, 3.8) is 0 Å². The van der Waals surface area contributed by atoms with Crippen LogP contribution in [0.2, 0.25) is 0 Å². The van der Waals surface area contributed by atoms with Crippen LogP contribution in [0, 0.1) is 10.8 Å². The van der Waals surface area contributed by atoms with E-state index in [1.165, 1.54) is 0 Å². The normalized spacial score (nSPS) is 15.2. The average molecular weight is 823 g/mol. The molecule has 10 rings (SSSR count). The minimum atomic E-state index is -0.510. The summed E-state index contributed by atoms with van der Waals surface area (Å²) in [6, 6.07) is 46.2. The molecule has 0 unspecified atom stereocenters. The van der Waals surface area contributed by atoms with Crippen LogP contribution in [0.1, 0.15) is 47.4 Å². The van der Waals surface area contributed by atoms with E-state index in [-0.39, 0.29) is 10.8 Å². The van der Waals surface area contributed by atoms with E-state index >= 15 is 0 Å². The summed E-state index contributed by atoms with van der Waals surface area (Å²) in [5, 5.41) is 7.24. The zero-order valence-electron chi connectivity index (χ0n) is 34.8. The molecule has 8 nitrogen and oxygen atoms in total. The minimum absolute atomic E-state index is 0.0707. The molecular formula is C54H46O8. The van der Waals surface area contributed by atoms with Gasteiger partial charge >= 0.3 is 11.9 Å². The molecule has 2 aliphatic heterocycles. The molecule has 0 saturated carbocycles. The fourth-order valence-corrected chi connectivity index (χ4v) is 8.42. The molecule has 2 heterocycles. The van der Waals surface area contributed by atoms with Gasteiger partial charge in [-0.1, -0.05) is 98.8 Å². The van der Waals surface area contributed by atoms with Crippen molar-refractivity contribution in [1.82, 2.24) is 0 Å². The molecule has 0 aromatic heterocycles. The number of esters is 2. The summed E-state index contributed by atoms with van der Waals surface area (Å²) >= 11 is 0. The van der Waals surface area contributed by atoms with Gasteiger partial charge in [0.1, 0.15) is 23.0 Å². The van der Waals surface area contributed by atoms with Gasteiger partial charge in [0.05, 0.1) is 61.6 Å². The highest BCUT2D eigenvalue weighted by atomic mass is 16.5. The molecule has 62 heavy (non-hydrogen) atoms. The summed E-state index contributed by atoms with van der Waals surface area (Å²) < 4.78 is 36.0. The molecule has 2 fully saturated rings. The topological polar surface area (TPSA) is 89.5 Å². The summed E-state index contributed by atoms with van der Waals surface area (Å²) in [5.74, 6) is 1.22. The van der Waals surface area contributed by atoms with Gasteiger partial charge in [0.2, 0.25) is 0 Å². The smallest absolute Gasteiger partial charge is 0.343 e. The second-order valence-corrected chi connectivity index (χ2v) is 16.8. The fraction of sp³-hybridized carbons (Fsp3) is 0.222. The summed E-state index contributed by atoms with van der Waals surface area (Å²) in [7, 11) is 0. The number of carbonyl (C=O) groups excluding carboxylic acids is 2. The largest absolute Gasteiger partial charge is 0.493 e. The lowest BCUT2D eigenvalue weighted by atomic mass is 9.84. The van der Waals surface area contributed by atoms with Crippen molar-refractivity contribution in [2.75, 3.05) is 39.6 Å². The molecule has 0 N–H and O–H groups in total. The van der Waals surface area contributed by atoms with Crippen molar-refractivity contribution in [1.29, 1.82) is 0 Å². The first kappa shape index (κ1) is 39.4. The second kappa shape index (κ2) is 16.3. The van der Waals surface area contributed by atoms with Crippen molar-refractivity contribution in [3.05, 3.63) is 157 Å². The lowest BCUT2D eigenvalue weighted by Gasteiger charge is -2.40. The quantitative estimate of drug-likeness (QED) is 0.0839. The molecule has 0 amide bonds. The van der Waals surface area contributed by atoms with Crippen LogP contribution in [-0.4, -0.2) is 51.6 Å². The molecule has 0 bridgehead atoms. The van der Waals surface area contributed by atoms with Crippen LogP contribution >= 0.6 is 0 Å². The molecule has 8 aromatic carbocycles. The van der Waals surface area contributed by atoms with Gasteiger partial charge in [-0.05, 0) is 117 Å². The zero-order valence-corrected chi connectivity index (χ0v) is 34.8. The molecule has 0 spiro atoms. The van der Waals surface area contributed by atoms with Crippen LogP contribution in [-0.2, 0) is 9.47 Å². The Morgan fingerprint density at radius 1 is 0.468 bits per heavy atom. The summed E-state index contributed by atoms with van der Waals surface area (Å²) in [6.45, 7) is 8.39. The standard InChI is InChI=1S/C54H46O8/c1-3-53(29-57-30-53)33-59-43-21-17-37-25-41(15-13-39(37)27-43)51(55)61-47-23-19-35-9-5-7-11-45(35)49(47)50-46-12-8-6-10-36(46)20-24-48(50)62-52(56)42-16-14-40-28-44(22-18-38(40)26-42)60-34-54(4-2)31-58-32-54/h5-28H,3-4,29-34H2,1-2H3. The van der Waals surface area contributed by atoms with Gasteiger partial charge in [0, 0.05) is 11.1 Å². The number of hydrogen-bond donors (Lipinski definition) is 0. The van der Waals surface area contributed by atoms with Gasteiger partial charge in [-0.2, -0.15) is 0 Å². The molecule has 2 saturated heterocycles. The lowest BCUT2D eigenvalue weighted by Crippen LogP contribution is -2.46. The molecule has 8 aromatic rings. The van der Waals surface area contributed by atoms with Crippen LogP contribution in [0.25, 0.3) is 54.2 Å². The van der Waals surface area contributed by atoms with Gasteiger partial charge in [-0.15, -0.1) is 0 Å². The molecule has 8 heteroatoms. The van der Waals surface area contributed by atoms with Gasteiger partial charge in [0.15, 0.2) is 0 Å². The van der Waals surface area contributed by atoms with Crippen molar-refractivity contribution in [2.45, 2.75) is 26.7 Å². The first-order chi connectivity index (χ1) is 30.3. The third-order valence-corrected chi connectivity index (χ3v) is 12.8. The van der Waals surface area contributed by atoms with Gasteiger partial charge < -0.3 is 28.4 Å². The highest BCUT2D eigenvalue weighted by molar-refractivity contribution is 6.11. The maximum atomic E-state index is 14.1. The third kappa shape index (κ3) is 7.50. The van der Waals surface area contributed by atoms with Gasteiger partial charge in [-0.25, -0.2) is 9.59 Å². The average Bonchev–Trinajstić information content (AvgIpc) is 3.28. The Balaban J connectivity index is 0.959. The van der Waals surface area contributed by atoms with Crippen molar-refractivity contribution in [3.8, 4) is 34.1 Å². The predicted molar refractivity (Wildman–Crippen MR) is 243 cm³/mol. The van der Waals surface area contributed by atoms with Gasteiger partial charge in [0.25, 0.3) is 0 Å². The third-order valence-electron chi connectivity index (χ3n) is 12.8. The Morgan fingerprint density at radius 3 is 1.26 bits per heavy atom. The second-order valence-electron chi connectivity index (χ2n) is 16.8. The van der Waals surface area contributed by atoms with Gasteiger partial charge in [-0.3, -0.25) is 0 Å². The molecular weight excluding hydrogens is 777 g/mol. The van der Waals surface area contributed by atoms with Crippen molar-refractivity contribution in [2.24, 2.45) is 10.8 Å². The Labute approximate surface area is 359 Å². The van der Waals surface area contributed by atoms with E-state index in [1.54, 1.807) is 12.1 Å². The molecule has 310 valence electrons. The maximum absolute atomic E-state index is 14.1. The fourth-order valence-electron chi connectivity index (χ4n) is 8.42. The number of rotatable bonds is 13. The van der Waals surface area contributed by atoms with Crippen LogP contribution in [0.4, 0.5) is 0 Å². The highest BCUT2D eigenvalue weighted by Gasteiger charge is 2.38. The predicted octanol–water partition coefficient (Wildman–Crippen LogP) is 12.0. The first-order valence-corrected chi connectivity index (χ1v) is 21.3. The van der Waals surface area contributed by atoms with Crippen molar-refractivity contribution < 1.29 is 38.0 Å². The minimum Gasteiger partial charge on any atom is -0.493 e. The Hall–Kier alpha value is -6.74. The van der Waals surface area contributed by atoms with E-state index in [9.17, 15) is 9.59 Å². The zero-order chi connectivity index (χ0) is 42.3. The Bertz CT molecular complexity index is 2800.